The van der Waals surface area contributed by atoms with Crippen molar-refractivity contribution in [1.82, 2.24) is 5.01 Å². The van der Waals surface area contributed by atoms with Gasteiger partial charge in [0, 0.05) is 0 Å². The highest BCUT2D eigenvalue weighted by Gasteiger charge is 2.28. The SMILES string of the molecule is CCOC(=O)C1=NN(Cc2ccccc2)C(=O)C1. The first-order chi connectivity index (χ1) is 8.70. The fraction of sp³-hybridized carbons (Fsp3) is 0.308. The number of hydrogen-bond acceptors (Lipinski definition) is 4. The summed E-state index contributed by atoms with van der Waals surface area (Å²) in [6.07, 6.45) is 0.0195. The predicted molar refractivity (Wildman–Crippen MR) is 65.7 cm³/mol. The highest BCUT2D eigenvalue weighted by Crippen LogP contribution is 2.13. The molecule has 2 rings (SSSR count). The molecule has 0 radical (unpaired) electrons. The van der Waals surface area contributed by atoms with Gasteiger partial charge in [0.2, 0.25) is 5.91 Å². The van der Waals surface area contributed by atoms with Gasteiger partial charge in [-0.3, -0.25) is 4.79 Å². The maximum Gasteiger partial charge on any atom is 0.355 e. The van der Waals surface area contributed by atoms with E-state index in [-0.39, 0.29) is 24.6 Å². The average Bonchev–Trinajstić information content (AvgIpc) is 2.73. The monoisotopic (exact) mass is 246 g/mol. The van der Waals surface area contributed by atoms with Crippen LogP contribution >= 0.6 is 0 Å². The number of nitrogens with zero attached hydrogens (tertiary/aromatic N) is 2. The summed E-state index contributed by atoms with van der Waals surface area (Å²) in [5.74, 6) is -0.691. The summed E-state index contributed by atoms with van der Waals surface area (Å²) < 4.78 is 4.82. The molecule has 1 heterocycles. The smallest absolute Gasteiger partial charge is 0.355 e. The number of amides is 1. The van der Waals surface area contributed by atoms with Crippen LogP contribution in [0, 0.1) is 0 Å². The van der Waals surface area contributed by atoms with Crippen molar-refractivity contribution in [2.24, 2.45) is 5.10 Å². The molecule has 1 aliphatic rings. The normalized spacial score (nSPS) is 14.6. The number of rotatable bonds is 4. The minimum Gasteiger partial charge on any atom is -0.461 e. The van der Waals surface area contributed by atoms with E-state index in [2.05, 4.69) is 5.10 Å². The van der Waals surface area contributed by atoms with Crippen molar-refractivity contribution in [3.8, 4) is 0 Å². The Morgan fingerprint density at radius 2 is 2.11 bits per heavy atom. The minimum atomic E-state index is -0.513. The molecule has 1 aromatic rings. The van der Waals surface area contributed by atoms with Gasteiger partial charge in [-0.1, -0.05) is 30.3 Å². The van der Waals surface area contributed by atoms with Crippen LogP contribution in [0.3, 0.4) is 0 Å². The lowest BCUT2D eigenvalue weighted by molar-refractivity contribution is -0.135. The molecule has 1 amide bonds. The van der Waals surface area contributed by atoms with E-state index in [4.69, 9.17) is 4.74 Å². The molecule has 1 aliphatic heterocycles. The number of esters is 1. The zero-order valence-corrected chi connectivity index (χ0v) is 10.1. The molecule has 0 saturated carbocycles. The van der Waals surface area contributed by atoms with Gasteiger partial charge in [-0.15, -0.1) is 0 Å². The van der Waals surface area contributed by atoms with Crippen LogP contribution in [-0.4, -0.2) is 29.2 Å². The van der Waals surface area contributed by atoms with Crippen molar-refractivity contribution in [2.75, 3.05) is 6.61 Å². The van der Waals surface area contributed by atoms with Gasteiger partial charge in [-0.05, 0) is 12.5 Å². The number of ether oxygens (including phenoxy) is 1. The molecule has 5 heteroatoms. The molecule has 0 fully saturated rings. The Kier molecular flexibility index (Phi) is 3.72. The maximum atomic E-state index is 11.7. The standard InChI is InChI=1S/C13H14N2O3/c1-2-18-13(17)11-8-12(16)15(14-11)9-10-6-4-3-5-7-10/h3-7H,2,8-9H2,1H3. The van der Waals surface area contributed by atoms with Crippen LogP contribution < -0.4 is 0 Å². The molecule has 0 N–H and O–H groups in total. The van der Waals surface area contributed by atoms with Gasteiger partial charge < -0.3 is 4.74 Å². The number of hydrogen-bond donors (Lipinski definition) is 0. The van der Waals surface area contributed by atoms with Crippen LogP contribution in [-0.2, 0) is 20.9 Å². The third kappa shape index (κ3) is 2.74. The number of benzene rings is 1. The first-order valence-electron chi connectivity index (χ1n) is 5.79. The topological polar surface area (TPSA) is 59.0 Å². The van der Waals surface area contributed by atoms with Crippen molar-refractivity contribution in [3.63, 3.8) is 0 Å². The molecule has 0 aliphatic carbocycles. The van der Waals surface area contributed by atoms with Gasteiger partial charge in [0.1, 0.15) is 0 Å². The van der Waals surface area contributed by atoms with Gasteiger partial charge in [-0.25, -0.2) is 9.80 Å². The first-order valence-corrected chi connectivity index (χ1v) is 5.79. The van der Waals surface area contributed by atoms with Crippen molar-refractivity contribution >= 4 is 17.6 Å². The van der Waals surface area contributed by atoms with Crippen LogP contribution in [0.15, 0.2) is 35.4 Å². The molecule has 94 valence electrons. The van der Waals surface area contributed by atoms with E-state index in [1.54, 1.807) is 6.92 Å². The molecule has 0 unspecified atom stereocenters. The van der Waals surface area contributed by atoms with Crippen molar-refractivity contribution in [2.45, 2.75) is 19.9 Å². The molecular weight excluding hydrogens is 232 g/mol. The van der Waals surface area contributed by atoms with Gasteiger partial charge in [0.05, 0.1) is 19.6 Å². The van der Waals surface area contributed by atoms with Gasteiger partial charge in [0.15, 0.2) is 5.71 Å². The molecule has 0 bridgehead atoms. The van der Waals surface area contributed by atoms with Crippen molar-refractivity contribution in [3.05, 3.63) is 35.9 Å². The fourth-order valence-electron chi connectivity index (χ4n) is 1.68. The van der Waals surface area contributed by atoms with E-state index < -0.39 is 5.97 Å². The van der Waals surface area contributed by atoms with Crippen LogP contribution in [0.25, 0.3) is 0 Å². The van der Waals surface area contributed by atoms with E-state index in [0.29, 0.717) is 6.54 Å². The summed E-state index contributed by atoms with van der Waals surface area (Å²) in [4.78, 5) is 23.2. The Hall–Kier alpha value is -2.17. The van der Waals surface area contributed by atoms with Crippen LogP contribution in [0.1, 0.15) is 18.9 Å². The third-order valence-corrected chi connectivity index (χ3v) is 2.53. The van der Waals surface area contributed by atoms with Crippen molar-refractivity contribution in [1.29, 1.82) is 0 Å². The first kappa shape index (κ1) is 12.3. The summed E-state index contributed by atoms with van der Waals surface area (Å²) in [6, 6.07) is 9.51. The van der Waals surface area contributed by atoms with E-state index in [1.165, 1.54) is 5.01 Å². The summed E-state index contributed by atoms with van der Waals surface area (Å²) in [5, 5.41) is 5.32. The maximum absolute atomic E-state index is 11.7. The Bertz CT molecular complexity index is 482. The van der Waals surface area contributed by atoms with E-state index in [9.17, 15) is 9.59 Å². The van der Waals surface area contributed by atoms with Gasteiger partial charge in [-0.2, -0.15) is 5.10 Å². The van der Waals surface area contributed by atoms with Gasteiger partial charge in [0.25, 0.3) is 0 Å². The Balaban J connectivity index is 2.06. The largest absolute Gasteiger partial charge is 0.461 e. The molecule has 18 heavy (non-hydrogen) atoms. The number of carbonyl (C=O) groups excluding carboxylic acids is 2. The summed E-state index contributed by atoms with van der Waals surface area (Å²) >= 11 is 0. The summed E-state index contributed by atoms with van der Waals surface area (Å²) in [5.41, 5.74) is 1.15. The third-order valence-electron chi connectivity index (χ3n) is 2.53. The highest BCUT2D eigenvalue weighted by molar-refractivity contribution is 6.41. The lowest BCUT2D eigenvalue weighted by Crippen LogP contribution is -2.20. The lowest BCUT2D eigenvalue weighted by atomic mass is 10.2. The minimum absolute atomic E-state index is 0.0195. The fourth-order valence-corrected chi connectivity index (χ4v) is 1.68. The van der Waals surface area contributed by atoms with Crippen LogP contribution in [0.2, 0.25) is 0 Å². The zero-order chi connectivity index (χ0) is 13.0. The van der Waals surface area contributed by atoms with E-state index >= 15 is 0 Å². The summed E-state index contributed by atoms with van der Waals surface area (Å²) in [7, 11) is 0. The Labute approximate surface area is 105 Å². The van der Waals surface area contributed by atoms with E-state index in [1.807, 2.05) is 30.3 Å². The second kappa shape index (κ2) is 5.44. The molecule has 5 nitrogen and oxygen atoms in total. The predicted octanol–water partition coefficient (Wildman–Crippen LogP) is 1.34. The van der Waals surface area contributed by atoms with Gasteiger partial charge >= 0.3 is 5.97 Å². The van der Waals surface area contributed by atoms with Crippen molar-refractivity contribution < 1.29 is 14.3 Å². The molecule has 0 atom stereocenters. The quantitative estimate of drug-likeness (QED) is 0.753. The number of carbonyl (C=O) groups is 2. The highest BCUT2D eigenvalue weighted by atomic mass is 16.5. The number of hydrazone groups is 1. The molecule has 0 aromatic heterocycles. The van der Waals surface area contributed by atoms with Crippen LogP contribution in [0.4, 0.5) is 0 Å². The Morgan fingerprint density at radius 3 is 2.78 bits per heavy atom. The zero-order valence-electron chi connectivity index (χ0n) is 10.1. The average molecular weight is 246 g/mol. The molecule has 1 aromatic carbocycles. The second-order valence-corrected chi connectivity index (χ2v) is 3.88. The molecular formula is C13H14N2O3. The Morgan fingerprint density at radius 1 is 1.39 bits per heavy atom. The molecule has 0 spiro atoms. The molecule has 0 saturated heterocycles. The second-order valence-electron chi connectivity index (χ2n) is 3.88. The summed E-state index contributed by atoms with van der Waals surface area (Å²) in [6.45, 7) is 2.38. The van der Waals surface area contributed by atoms with E-state index in [0.717, 1.165) is 5.56 Å². The lowest BCUT2D eigenvalue weighted by Gasteiger charge is -2.10. The van der Waals surface area contributed by atoms with Crippen LogP contribution in [0.5, 0.6) is 0 Å².